The topological polar surface area (TPSA) is 30.0 Å². The molecule has 0 aliphatic heterocycles. The normalized spacial score (nSPS) is 10.7. The van der Waals surface area contributed by atoms with Crippen molar-refractivity contribution in [3.8, 4) is 0 Å². The van der Waals surface area contributed by atoms with Crippen LogP contribution in [-0.4, -0.2) is 11.3 Å². The Kier molecular flexibility index (Phi) is 3.75. The second-order valence-corrected chi connectivity index (χ2v) is 4.39. The number of benzene rings is 1. The lowest BCUT2D eigenvalue weighted by atomic mass is 9.99. The first-order valence-electron chi connectivity index (χ1n) is 5.80. The van der Waals surface area contributed by atoms with Crippen molar-refractivity contribution in [2.75, 3.05) is 0 Å². The summed E-state index contributed by atoms with van der Waals surface area (Å²) in [6.07, 6.45) is 3.82. The fourth-order valence-corrected chi connectivity index (χ4v) is 2.25. The minimum Gasteiger partial charge on any atom is -0.298 e. The van der Waals surface area contributed by atoms with E-state index in [0.29, 0.717) is 10.7 Å². The molecule has 0 saturated heterocycles. The lowest BCUT2D eigenvalue weighted by molar-refractivity contribution is 0.112. The molecule has 0 saturated carbocycles. The number of rotatable bonds is 4. The number of hydrogen-bond donors (Lipinski definition) is 0. The number of carbonyl (C=O) groups excluding carboxylic acids is 1. The maximum Gasteiger partial charge on any atom is 0.153 e. The van der Waals surface area contributed by atoms with Gasteiger partial charge in [0.2, 0.25) is 0 Å². The molecule has 2 rings (SSSR count). The Bertz CT molecular complexity index is 551. The second kappa shape index (κ2) is 5.28. The standard InChI is InChI=1S/C14H14ClNO/c1-2-3-6-10-11-7-4-5-8-13(11)16-14(15)12(10)9-17/h4-5,7-9H,2-3,6H2,1H3. The SMILES string of the molecule is CCCCc1c(C=O)c(Cl)nc2ccccc12. The van der Waals surface area contributed by atoms with Gasteiger partial charge in [0.1, 0.15) is 5.15 Å². The van der Waals surface area contributed by atoms with Gasteiger partial charge >= 0.3 is 0 Å². The van der Waals surface area contributed by atoms with Crippen molar-refractivity contribution in [1.29, 1.82) is 0 Å². The van der Waals surface area contributed by atoms with Crippen molar-refractivity contribution in [3.05, 3.63) is 40.5 Å². The molecule has 0 aliphatic rings. The van der Waals surface area contributed by atoms with E-state index in [0.717, 1.165) is 42.0 Å². The molecule has 0 fully saturated rings. The Labute approximate surface area is 106 Å². The van der Waals surface area contributed by atoms with Gasteiger partial charge in [0, 0.05) is 5.39 Å². The summed E-state index contributed by atoms with van der Waals surface area (Å²) in [5, 5.41) is 1.34. The lowest BCUT2D eigenvalue weighted by Crippen LogP contribution is -1.98. The van der Waals surface area contributed by atoms with Gasteiger partial charge < -0.3 is 0 Å². The maximum atomic E-state index is 11.1. The molecule has 88 valence electrons. The van der Waals surface area contributed by atoms with E-state index in [2.05, 4.69) is 11.9 Å². The average molecular weight is 248 g/mol. The van der Waals surface area contributed by atoms with Crippen LogP contribution in [0.25, 0.3) is 10.9 Å². The zero-order valence-corrected chi connectivity index (χ0v) is 10.5. The van der Waals surface area contributed by atoms with E-state index < -0.39 is 0 Å². The Morgan fingerprint density at radius 1 is 1.35 bits per heavy atom. The number of aromatic nitrogens is 1. The number of carbonyl (C=O) groups is 1. The molecule has 0 radical (unpaired) electrons. The summed E-state index contributed by atoms with van der Waals surface area (Å²) in [7, 11) is 0. The summed E-state index contributed by atoms with van der Waals surface area (Å²) < 4.78 is 0. The molecule has 0 N–H and O–H groups in total. The van der Waals surface area contributed by atoms with Crippen molar-refractivity contribution in [2.45, 2.75) is 26.2 Å². The van der Waals surface area contributed by atoms with Crippen LogP contribution in [0.3, 0.4) is 0 Å². The predicted molar refractivity (Wildman–Crippen MR) is 70.8 cm³/mol. The maximum absolute atomic E-state index is 11.1. The molecule has 1 aromatic heterocycles. The molecule has 0 unspecified atom stereocenters. The van der Waals surface area contributed by atoms with Crippen LogP contribution in [0.1, 0.15) is 35.7 Å². The number of nitrogens with zero attached hydrogens (tertiary/aromatic N) is 1. The van der Waals surface area contributed by atoms with E-state index >= 15 is 0 Å². The molecule has 0 bridgehead atoms. The number of aryl methyl sites for hydroxylation is 1. The second-order valence-electron chi connectivity index (χ2n) is 4.03. The number of pyridine rings is 1. The first-order chi connectivity index (χ1) is 8.27. The molecular formula is C14H14ClNO. The van der Waals surface area contributed by atoms with Crippen LogP contribution in [0.2, 0.25) is 5.15 Å². The Morgan fingerprint density at radius 2 is 2.12 bits per heavy atom. The molecule has 2 aromatic rings. The number of hydrogen-bond acceptors (Lipinski definition) is 2. The molecular weight excluding hydrogens is 234 g/mol. The quantitative estimate of drug-likeness (QED) is 0.603. The fraction of sp³-hybridized carbons (Fsp3) is 0.286. The van der Waals surface area contributed by atoms with Crippen LogP contribution >= 0.6 is 11.6 Å². The summed E-state index contributed by atoms with van der Waals surface area (Å²) >= 11 is 6.05. The molecule has 0 spiro atoms. The van der Waals surface area contributed by atoms with Gasteiger partial charge in [-0.2, -0.15) is 0 Å². The van der Waals surface area contributed by atoms with E-state index in [1.165, 1.54) is 0 Å². The highest BCUT2D eigenvalue weighted by Gasteiger charge is 2.12. The summed E-state index contributed by atoms with van der Waals surface area (Å²) in [6, 6.07) is 7.81. The zero-order chi connectivity index (χ0) is 12.3. The summed E-state index contributed by atoms with van der Waals surface area (Å²) in [6.45, 7) is 2.13. The van der Waals surface area contributed by atoms with Gasteiger partial charge in [0.25, 0.3) is 0 Å². The van der Waals surface area contributed by atoms with Crippen LogP contribution in [-0.2, 0) is 6.42 Å². The van der Waals surface area contributed by atoms with Crippen LogP contribution in [0.5, 0.6) is 0 Å². The monoisotopic (exact) mass is 247 g/mol. The van der Waals surface area contributed by atoms with Crippen LogP contribution < -0.4 is 0 Å². The minimum atomic E-state index is 0.310. The third kappa shape index (κ3) is 2.32. The molecule has 2 nitrogen and oxygen atoms in total. The number of halogens is 1. The van der Waals surface area contributed by atoms with Gasteiger partial charge in [0.15, 0.2) is 6.29 Å². The molecule has 0 amide bonds. The Morgan fingerprint density at radius 3 is 2.82 bits per heavy atom. The summed E-state index contributed by atoms with van der Waals surface area (Å²) in [4.78, 5) is 15.4. The minimum absolute atomic E-state index is 0.310. The third-order valence-corrected chi connectivity index (χ3v) is 3.18. The largest absolute Gasteiger partial charge is 0.298 e. The summed E-state index contributed by atoms with van der Waals surface area (Å²) in [5.74, 6) is 0. The van der Waals surface area contributed by atoms with Crippen molar-refractivity contribution in [3.63, 3.8) is 0 Å². The first kappa shape index (κ1) is 12.1. The van der Waals surface area contributed by atoms with E-state index in [1.54, 1.807) is 0 Å². The number of aldehydes is 1. The number of unbranched alkanes of at least 4 members (excludes halogenated alkanes) is 1. The molecule has 0 atom stereocenters. The highest BCUT2D eigenvalue weighted by atomic mass is 35.5. The Balaban J connectivity index is 2.68. The van der Waals surface area contributed by atoms with Gasteiger partial charge in [-0.05, 0) is 24.5 Å². The fourth-order valence-electron chi connectivity index (χ4n) is 2.00. The smallest absolute Gasteiger partial charge is 0.153 e. The molecule has 17 heavy (non-hydrogen) atoms. The lowest BCUT2D eigenvalue weighted by Gasteiger charge is -2.10. The predicted octanol–water partition coefficient (Wildman–Crippen LogP) is 4.04. The van der Waals surface area contributed by atoms with Crippen molar-refractivity contribution in [2.24, 2.45) is 0 Å². The highest BCUT2D eigenvalue weighted by Crippen LogP contribution is 2.26. The Hall–Kier alpha value is -1.41. The number of fused-ring (bicyclic) bond motifs is 1. The van der Waals surface area contributed by atoms with E-state index in [-0.39, 0.29) is 0 Å². The van der Waals surface area contributed by atoms with Crippen LogP contribution in [0.4, 0.5) is 0 Å². The summed E-state index contributed by atoms with van der Waals surface area (Å²) in [5.41, 5.74) is 2.42. The van der Waals surface area contributed by atoms with Crippen LogP contribution in [0.15, 0.2) is 24.3 Å². The molecule has 0 aliphatic carbocycles. The van der Waals surface area contributed by atoms with E-state index in [4.69, 9.17) is 11.6 Å². The van der Waals surface area contributed by atoms with E-state index in [9.17, 15) is 4.79 Å². The van der Waals surface area contributed by atoms with Gasteiger partial charge in [-0.25, -0.2) is 4.98 Å². The first-order valence-corrected chi connectivity index (χ1v) is 6.18. The molecule has 1 heterocycles. The highest BCUT2D eigenvalue weighted by molar-refractivity contribution is 6.32. The number of para-hydroxylation sites is 1. The van der Waals surface area contributed by atoms with Crippen LogP contribution in [0, 0.1) is 0 Å². The average Bonchev–Trinajstić information content (AvgIpc) is 2.35. The third-order valence-electron chi connectivity index (χ3n) is 2.89. The van der Waals surface area contributed by atoms with Crippen molar-refractivity contribution in [1.82, 2.24) is 4.98 Å². The van der Waals surface area contributed by atoms with Gasteiger partial charge in [-0.15, -0.1) is 0 Å². The van der Waals surface area contributed by atoms with Crippen molar-refractivity contribution < 1.29 is 4.79 Å². The molecule has 1 aromatic carbocycles. The van der Waals surface area contributed by atoms with Gasteiger partial charge in [0.05, 0.1) is 11.1 Å². The van der Waals surface area contributed by atoms with E-state index in [1.807, 2.05) is 24.3 Å². The van der Waals surface area contributed by atoms with Gasteiger partial charge in [-0.1, -0.05) is 43.1 Å². The van der Waals surface area contributed by atoms with Crippen molar-refractivity contribution >= 4 is 28.8 Å². The molecule has 3 heteroatoms. The van der Waals surface area contributed by atoms with Gasteiger partial charge in [-0.3, -0.25) is 4.79 Å². The zero-order valence-electron chi connectivity index (χ0n) is 9.74.